The molecule has 138 valence electrons. The van der Waals surface area contributed by atoms with Gasteiger partial charge in [0.25, 0.3) is 0 Å². The van der Waals surface area contributed by atoms with Gasteiger partial charge in [-0.3, -0.25) is 0 Å². The second-order valence-corrected chi connectivity index (χ2v) is 6.44. The lowest BCUT2D eigenvalue weighted by Crippen LogP contribution is -2.14. The summed E-state index contributed by atoms with van der Waals surface area (Å²) in [6, 6.07) is 11.6. The average Bonchev–Trinajstić information content (AvgIpc) is 2.63. The maximum atomic E-state index is 10.1. The Morgan fingerprint density at radius 2 is 2.00 bits per heavy atom. The molecule has 0 aliphatic carbocycles. The van der Waals surface area contributed by atoms with E-state index < -0.39 is 6.10 Å². The van der Waals surface area contributed by atoms with Crippen molar-refractivity contribution in [3.05, 3.63) is 65.7 Å². The molecule has 1 unspecified atom stereocenters. The molecule has 0 bridgehead atoms. The number of aliphatic imine (C=N–C) groups is 1. The molecule has 1 atom stereocenters. The van der Waals surface area contributed by atoms with Gasteiger partial charge in [0.2, 0.25) is 0 Å². The first-order valence-corrected chi connectivity index (χ1v) is 8.87. The molecule has 0 aliphatic heterocycles. The van der Waals surface area contributed by atoms with Crippen LogP contribution in [0.4, 0.5) is 5.69 Å². The Hall–Kier alpha value is -2.59. The minimum atomic E-state index is -0.564. The normalized spacial score (nSPS) is 12.2. The Balaban J connectivity index is 2.22. The summed E-state index contributed by atoms with van der Waals surface area (Å²) in [6.45, 7) is 10.7. The van der Waals surface area contributed by atoms with E-state index in [1.807, 2.05) is 68.5 Å². The minimum Gasteiger partial charge on any atom is -0.457 e. The molecular formula is C22H28N2O2. The lowest BCUT2D eigenvalue weighted by molar-refractivity contribution is 0.181. The fraction of sp³-hybridized carbons (Fsp3) is 0.318. The number of ether oxygens (including phenoxy) is 1. The molecular weight excluding hydrogens is 324 g/mol. The van der Waals surface area contributed by atoms with Gasteiger partial charge in [-0.1, -0.05) is 18.2 Å². The third-order valence-corrected chi connectivity index (χ3v) is 4.25. The Kier molecular flexibility index (Phi) is 6.98. The molecule has 0 spiro atoms. The first-order chi connectivity index (χ1) is 12.4. The van der Waals surface area contributed by atoms with Crippen molar-refractivity contribution in [1.82, 2.24) is 4.90 Å². The van der Waals surface area contributed by atoms with Crippen LogP contribution in [0.3, 0.4) is 0 Å². The lowest BCUT2D eigenvalue weighted by Gasteiger charge is -2.14. The first-order valence-electron chi connectivity index (χ1n) is 8.87. The molecule has 4 nitrogen and oxygen atoms in total. The van der Waals surface area contributed by atoms with E-state index in [2.05, 4.69) is 18.5 Å². The van der Waals surface area contributed by atoms with Crippen LogP contribution in [0.25, 0.3) is 0 Å². The summed E-state index contributed by atoms with van der Waals surface area (Å²) >= 11 is 0. The van der Waals surface area contributed by atoms with Gasteiger partial charge in [-0.2, -0.15) is 0 Å². The second kappa shape index (κ2) is 9.20. The fourth-order valence-corrected chi connectivity index (χ4v) is 2.47. The van der Waals surface area contributed by atoms with Crippen molar-refractivity contribution < 1.29 is 9.84 Å². The van der Waals surface area contributed by atoms with Crippen molar-refractivity contribution in [2.75, 3.05) is 13.6 Å². The zero-order chi connectivity index (χ0) is 19.1. The lowest BCUT2D eigenvalue weighted by atomic mass is 10.1. The van der Waals surface area contributed by atoms with Crippen LogP contribution in [-0.4, -0.2) is 29.9 Å². The van der Waals surface area contributed by atoms with Crippen LogP contribution in [0, 0.1) is 13.8 Å². The van der Waals surface area contributed by atoms with Crippen molar-refractivity contribution in [3.63, 3.8) is 0 Å². The summed E-state index contributed by atoms with van der Waals surface area (Å²) in [5, 5.41) is 10.1. The maximum Gasteiger partial charge on any atom is 0.130 e. The van der Waals surface area contributed by atoms with Gasteiger partial charge in [-0.25, -0.2) is 4.99 Å². The van der Waals surface area contributed by atoms with E-state index in [0.717, 1.165) is 34.7 Å². The zero-order valence-electron chi connectivity index (χ0n) is 16.1. The molecule has 0 heterocycles. The van der Waals surface area contributed by atoms with Crippen LogP contribution in [-0.2, 0) is 0 Å². The van der Waals surface area contributed by atoms with Crippen LogP contribution < -0.4 is 4.74 Å². The summed E-state index contributed by atoms with van der Waals surface area (Å²) in [7, 11) is 2.00. The number of hydrogen-bond donors (Lipinski definition) is 1. The smallest absolute Gasteiger partial charge is 0.130 e. The van der Waals surface area contributed by atoms with Gasteiger partial charge in [-0.15, -0.1) is 6.58 Å². The van der Waals surface area contributed by atoms with E-state index in [1.54, 1.807) is 6.08 Å². The van der Waals surface area contributed by atoms with Gasteiger partial charge < -0.3 is 14.7 Å². The summed E-state index contributed by atoms with van der Waals surface area (Å²) < 4.78 is 6.06. The van der Waals surface area contributed by atoms with Crippen LogP contribution in [0.2, 0.25) is 0 Å². The predicted octanol–water partition coefficient (Wildman–Crippen LogP) is 5.32. The van der Waals surface area contributed by atoms with Crippen molar-refractivity contribution in [3.8, 4) is 11.5 Å². The van der Waals surface area contributed by atoms with Crippen LogP contribution >= 0.6 is 0 Å². The number of rotatable bonds is 8. The summed E-state index contributed by atoms with van der Waals surface area (Å²) in [4.78, 5) is 6.57. The monoisotopic (exact) mass is 352 g/mol. The molecule has 0 aliphatic rings. The van der Waals surface area contributed by atoms with Crippen LogP contribution in [0.5, 0.6) is 11.5 Å². The third-order valence-electron chi connectivity index (χ3n) is 4.25. The molecule has 2 rings (SSSR count). The van der Waals surface area contributed by atoms with E-state index in [4.69, 9.17) is 4.74 Å². The highest BCUT2D eigenvalue weighted by Crippen LogP contribution is 2.32. The van der Waals surface area contributed by atoms with Crippen LogP contribution in [0.15, 0.2) is 54.0 Å². The number of benzene rings is 2. The first kappa shape index (κ1) is 19.7. The van der Waals surface area contributed by atoms with E-state index >= 15 is 0 Å². The number of aliphatic hydroxyl groups is 1. The molecule has 4 heteroatoms. The van der Waals surface area contributed by atoms with Crippen molar-refractivity contribution >= 4 is 12.0 Å². The molecule has 0 saturated heterocycles. The van der Waals surface area contributed by atoms with Gasteiger partial charge in [0.05, 0.1) is 18.1 Å². The standard InChI is InChI=1S/C22H28N2O2/c1-6-9-21(25)18-10-8-11-19(14-18)26-22-13-16(3)20(12-17(22)4)23-15-24(5)7-2/h6,8,10-15,21,25H,1,7,9H2,2-5H3. The summed E-state index contributed by atoms with van der Waals surface area (Å²) in [6.07, 6.45) is 3.50. The Labute approximate surface area is 156 Å². The second-order valence-electron chi connectivity index (χ2n) is 6.44. The van der Waals surface area contributed by atoms with Gasteiger partial charge in [-0.05, 0) is 68.1 Å². The molecule has 2 aromatic carbocycles. The largest absolute Gasteiger partial charge is 0.457 e. The topological polar surface area (TPSA) is 45.1 Å². The molecule has 26 heavy (non-hydrogen) atoms. The fourth-order valence-electron chi connectivity index (χ4n) is 2.47. The Bertz CT molecular complexity index is 784. The Morgan fingerprint density at radius 1 is 1.23 bits per heavy atom. The van der Waals surface area contributed by atoms with E-state index in [-0.39, 0.29) is 0 Å². The van der Waals surface area contributed by atoms with Gasteiger partial charge >= 0.3 is 0 Å². The highest BCUT2D eigenvalue weighted by Gasteiger charge is 2.09. The highest BCUT2D eigenvalue weighted by atomic mass is 16.5. The van der Waals surface area contributed by atoms with Crippen molar-refractivity contribution in [2.45, 2.75) is 33.3 Å². The van der Waals surface area contributed by atoms with Gasteiger partial charge in [0, 0.05) is 13.6 Å². The van der Waals surface area contributed by atoms with Gasteiger partial charge in [0.15, 0.2) is 0 Å². The minimum absolute atomic E-state index is 0.514. The summed E-state index contributed by atoms with van der Waals surface area (Å²) in [5.74, 6) is 1.50. The van der Waals surface area contributed by atoms with Crippen LogP contribution in [0.1, 0.15) is 36.1 Å². The SMILES string of the molecule is C=CCC(O)c1cccc(Oc2cc(C)c(N=CN(C)CC)cc2C)c1. The molecule has 0 amide bonds. The molecule has 0 aromatic heterocycles. The summed E-state index contributed by atoms with van der Waals surface area (Å²) in [5.41, 5.74) is 3.82. The highest BCUT2D eigenvalue weighted by molar-refractivity contribution is 5.64. The average molecular weight is 352 g/mol. The predicted molar refractivity (Wildman–Crippen MR) is 109 cm³/mol. The molecule has 0 radical (unpaired) electrons. The molecule has 0 saturated carbocycles. The number of aryl methyl sites for hydroxylation is 2. The van der Waals surface area contributed by atoms with E-state index in [1.165, 1.54) is 0 Å². The van der Waals surface area contributed by atoms with E-state index in [0.29, 0.717) is 12.2 Å². The van der Waals surface area contributed by atoms with Gasteiger partial charge in [0.1, 0.15) is 11.5 Å². The van der Waals surface area contributed by atoms with Crippen molar-refractivity contribution in [2.24, 2.45) is 4.99 Å². The maximum absolute atomic E-state index is 10.1. The molecule has 2 aromatic rings. The van der Waals surface area contributed by atoms with E-state index in [9.17, 15) is 5.11 Å². The number of aliphatic hydroxyl groups excluding tert-OH is 1. The number of hydrogen-bond acceptors (Lipinski definition) is 3. The number of nitrogens with zero attached hydrogens (tertiary/aromatic N) is 2. The molecule has 1 N–H and O–H groups in total. The molecule has 0 fully saturated rings. The quantitative estimate of drug-likeness (QED) is 0.397. The van der Waals surface area contributed by atoms with Crippen molar-refractivity contribution in [1.29, 1.82) is 0 Å². The Morgan fingerprint density at radius 3 is 2.69 bits per heavy atom. The third kappa shape index (κ3) is 5.20. The zero-order valence-corrected chi connectivity index (χ0v) is 16.1.